The summed E-state index contributed by atoms with van der Waals surface area (Å²) >= 11 is 0. The van der Waals surface area contributed by atoms with Crippen molar-refractivity contribution in [2.45, 2.75) is 18.6 Å². The Balaban J connectivity index is 2.22. The van der Waals surface area contributed by atoms with Crippen molar-refractivity contribution in [2.75, 3.05) is 6.54 Å². The molecular weight excluding hydrogens is 166 g/mol. The van der Waals surface area contributed by atoms with Gasteiger partial charge >= 0.3 is 0 Å². The standard InChI is InChI=1S/C10H13NO2/c11-6-5-9-10(12)7-3-1-2-4-8(7)13-9/h1-4,9-10,12H,5-6,11H2. The fourth-order valence-corrected chi connectivity index (χ4v) is 1.64. The van der Waals surface area contributed by atoms with E-state index in [9.17, 15) is 5.11 Å². The maximum atomic E-state index is 9.79. The second-order valence-corrected chi connectivity index (χ2v) is 3.22. The van der Waals surface area contributed by atoms with Crippen LogP contribution in [0.1, 0.15) is 18.1 Å². The zero-order chi connectivity index (χ0) is 9.26. The molecule has 3 nitrogen and oxygen atoms in total. The first-order valence-corrected chi connectivity index (χ1v) is 4.46. The van der Waals surface area contributed by atoms with Gasteiger partial charge < -0.3 is 15.6 Å². The van der Waals surface area contributed by atoms with E-state index < -0.39 is 6.10 Å². The largest absolute Gasteiger partial charge is 0.487 e. The SMILES string of the molecule is NCCC1Oc2ccccc2C1O. The second kappa shape index (κ2) is 3.36. The number of hydrogen-bond donors (Lipinski definition) is 2. The fraction of sp³-hybridized carbons (Fsp3) is 0.400. The molecule has 0 amide bonds. The van der Waals surface area contributed by atoms with Crippen molar-refractivity contribution in [2.24, 2.45) is 5.73 Å². The highest BCUT2D eigenvalue weighted by atomic mass is 16.5. The third-order valence-corrected chi connectivity index (χ3v) is 2.32. The Morgan fingerprint density at radius 1 is 1.38 bits per heavy atom. The molecule has 0 bridgehead atoms. The Morgan fingerprint density at radius 2 is 2.15 bits per heavy atom. The van der Waals surface area contributed by atoms with Gasteiger partial charge in [0, 0.05) is 5.56 Å². The van der Waals surface area contributed by atoms with Gasteiger partial charge in [-0.05, 0) is 19.0 Å². The van der Waals surface area contributed by atoms with E-state index >= 15 is 0 Å². The van der Waals surface area contributed by atoms with E-state index in [4.69, 9.17) is 10.5 Å². The molecular formula is C10H13NO2. The zero-order valence-corrected chi connectivity index (χ0v) is 7.31. The molecule has 1 aromatic carbocycles. The van der Waals surface area contributed by atoms with Crippen molar-refractivity contribution < 1.29 is 9.84 Å². The highest BCUT2D eigenvalue weighted by Gasteiger charge is 2.31. The Hall–Kier alpha value is -1.06. The topological polar surface area (TPSA) is 55.5 Å². The van der Waals surface area contributed by atoms with Crippen LogP contribution in [-0.2, 0) is 0 Å². The van der Waals surface area contributed by atoms with E-state index in [1.54, 1.807) is 0 Å². The molecule has 0 aliphatic carbocycles. The number of rotatable bonds is 2. The van der Waals surface area contributed by atoms with Gasteiger partial charge in [0.05, 0.1) is 0 Å². The molecule has 0 saturated carbocycles. The van der Waals surface area contributed by atoms with E-state index in [2.05, 4.69) is 0 Å². The molecule has 1 aromatic rings. The summed E-state index contributed by atoms with van der Waals surface area (Å²) in [4.78, 5) is 0. The molecule has 0 fully saturated rings. The first-order valence-electron chi connectivity index (χ1n) is 4.46. The quantitative estimate of drug-likeness (QED) is 0.707. The fourth-order valence-electron chi connectivity index (χ4n) is 1.64. The molecule has 2 rings (SSSR count). The predicted molar refractivity (Wildman–Crippen MR) is 49.5 cm³/mol. The number of fused-ring (bicyclic) bond motifs is 1. The first kappa shape index (κ1) is 8.53. The van der Waals surface area contributed by atoms with Crippen LogP contribution in [0.15, 0.2) is 24.3 Å². The number of ether oxygens (including phenoxy) is 1. The maximum absolute atomic E-state index is 9.79. The van der Waals surface area contributed by atoms with E-state index in [0.717, 1.165) is 11.3 Å². The van der Waals surface area contributed by atoms with Crippen LogP contribution in [-0.4, -0.2) is 17.8 Å². The Labute approximate surface area is 77.1 Å². The predicted octanol–water partition coefficient (Wildman–Crippen LogP) is 0.830. The van der Waals surface area contributed by atoms with Gasteiger partial charge in [-0.3, -0.25) is 0 Å². The lowest BCUT2D eigenvalue weighted by Gasteiger charge is -2.12. The minimum Gasteiger partial charge on any atom is -0.487 e. The Morgan fingerprint density at radius 3 is 2.85 bits per heavy atom. The Bertz CT molecular complexity index is 301. The lowest BCUT2D eigenvalue weighted by Crippen LogP contribution is -2.22. The van der Waals surface area contributed by atoms with Crippen LogP contribution < -0.4 is 10.5 Å². The summed E-state index contributed by atoms with van der Waals surface area (Å²) in [7, 11) is 0. The van der Waals surface area contributed by atoms with Gasteiger partial charge in [-0.25, -0.2) is 0 Å². The number of benzene rings is 1. The molecule has 0 aromatic heterocycles. The molecule has 3 heteroatoms. The van der Waals surface area contributed by atoms with Gasteiger partial charge in [0.1, 0.15) is 18.0 Å². The van der Waals surface area contributed by atoms with Crippen LogP contribution in [0.25, 0.3) is 0 Å². The summed E-state index contributed by atoms with van der Waals surface area (Å²) in [5.41, 5.74) is 6.29. The van der Waals surface area contributed by atoms with Crippen molar-refractivity contribution in [1.82, 2.24) is 0 Å². The molecule has 1 aliphatic rings. The third-order valence-electron chi connectivity index (χ3n) is 2.32. The highest BCUT2D eigenvalue weighted by Crippen LogP contribution is 2.37. The van der Waals surface area contributed by atoms with Crippen molar-refractivity contribution in [3.8, 4) is 5.75 Å². The minimum absolute atomic E-state index is 0.164. The second-order valence-electron chi connectivity index (χ2n) is 3.22. The van der Waals surface area contributed by atoms with Crippen molar-refractivity contribution in [3.63, 3.8) is 0 Å². The number of aliphatic hydroxyl groups excluding tert-OH is 1. The maximum Gasteiger partial charge on any atom is 0.130 e. The van der Waals surface area contributed by atoms with Gasteiger partial charge in [-0.1, -0.05) is 18.2 Å². The van der Waals surface area contributed by atoms with E-state index in [1.807, 2.05) is 24.3 Å². The Kier molecular flexibility index (Phi) is 2.20. The van der Waals surface area contributed by atoms with Gasteiger partial charge in [-0.2, -0.15) is 0 Å². The molecule has 0 radical (unpaired) electrons. The normalized spacial score (nSPS) is 25.4. The van der Waals surface area contributed by atoms with Crippen LogP contribution in [0.5, 0.6) is 5.75 Å². The van der Waals surface area contributed by atoms with Gasteiger partial charge in [0.25, 0.3) is 0 Å². The van der Waals surface area contributed by atoms with Crippen molar-refractivity contribution >= 4 is 0 Å². The van der Waals surface area contributed by atoms with E-state index in [1.165, 1.54) is 0 Å². The average molecular weight is 179 g/mol. The summed E-state index contributed by atoms with van der Waals surface area (Å²) in [5, 5.41) is 9.79. The molecule has 0 saturated heterocycles. The molecule has 0 spiro atoms. The van der Waals surface area contributed by atoms with Crippen LogP contribution in [0.2, 0.25) is 0 Å². The van der Waals surface area contributed by atoms with Crippen molar-refractivity contribution in [3.05, 3.63) is 29.8 Å². The van der Waals surface area contributed by atoms with Crippen molar-refractivity contribution in [1.29, 1.82) is 0 Å². The number of nitrogens with two attached hydrogens (primary N) is 1. The summed E-state index contributed by atoms with van der Waals surface area (Å²) in [5.74, 6) is 0.786. The highest BCUT2D eigenvalue weighted by molar-refractivity contribution is 5.39. The lowest BCUT2D eigenvalue weighted by atomic mass is 10.1. The van der Waals surface area contributed by atoms with Gasteiger partial charge in [0.2, 0.25) is 0 Å². The van der Waals surface area contributed by atoms with Gasteiger partial charge in [-0.15, -0.1) is 0 Å². The summed E-state index contributed by atoms with van der Waals surface area (Å²) in [6.45, 7) is 0.537. The number of aliphatic hydroxyl groups is 1. The first-order chi connectivity index (χ1) is 6.33. The third kappa shape index (κ3) is 1.41. The average Bonchev–Trinajstić information content (AvgIpc) is 2.46. The number of hydrogen-bond acceptors (Lipinski definition) is 3. The summed E-state index contributed by atoms with van der Waals surface area (Å²) < 4.78 is 5.53. The molecule has 2 atom stereocenters. The smallest absolute Gasteiger partial charge is 0.130 e. The summed E-state index contributed by atoms with van der Waals surface area (Å²) in [6, 6.07) is 7.55. The molecule has 1 aliphatic heterocycles. The van der Waals surface area contributed by atoms with Gasteiger partial charge in [0.15, 0.2) is 0 Å². The summed E-state index contributed by atoms with van der Waals surface area (Å²) in [6.07, 6.45) is 0.0118. The molecule has 70 valence electrons. The molecule has 2 unspecified atom stereocenters. The molecule has 1 heterocycles. The van der Waals surface area contributed by atoms with Crippen LogP contribution >= 0.6 is 0 Å². The number of para-hydroxylation sites is 1. The molecule has 3 N–H and O–H groups in total. The zero-order valence-electron chi connectivity index (χ0n) is 7.31. The van der Waals surface area contributed by atoms with E-state index in [0.29, 0.717) is 13.0 Å². The lowest BCUT2D eigenvalue weighted by molar-refractivity contribution is 0.0637. The molecule has 13 heavy (non-hydrogen) atoms. The monoisotopic (exact) mass is 179 g/mol. The van der Waals surface area contributed by atoms with Crippen LogP contribution in [0.4, 0.5) is 0 Å². The minimum atomic E-state index is -0.514. The van der Waals surface area contributed by atoms with Crippen LogP contribution in [0, 0.1) is 0 Å². The van der Waals surface area contributed by atoms with E-state index in [-0.39, 0.29) is 6.10 Å². The van der Waals surface area contributed by atoms with Crippen LogP contribution in [0.3, 0.4) is 0 Å².